The minimum Gasteiger partial charge on any atom is -0.460 e. The van der Waals surface area contributed by atoms with Crippen LogP contribution in [0.2, 0.25) is 0 Å². The second kappa shape index (κ2) is 7.48. The Kier molecular flexibility index (Phi) is 5.42. The van der Waals surface area contributed by atoms with E-state index in [1.54, 1.807) is 0 Å². The highest BCUT2D eigenvalue weighted by atomic mass is 32.2. The average Bonchev–Trinajstić information content (AvgIpc) is 2.63. The Bertz CT molecular complexity index is 785. The number of halogens is 2. The largest absolute Gasteiger partial charge is 0.460 e. The second-order valence-corrected chi connectivity index (χ2v) is 10.2. The van der Waals surface area contributed by atoms with Crippen molar-refractivity contribution in [3.8, 4) is 0 Å². The molecule has 2 atom stereocenters. The lowest BCUT2D eigenvalue weighted by molar-refractivity contribution is -0.433. The summed E-state index contributed by atoms with van der Waals surface area (Å²) < 4.78 is 36.4. The van der Waals surface area contributed by atoms with Crippen LogP contribution < -0.4 is 0 Å². The van der Waals surface area contributed by atoms with Crippen LogP contribution in [0, 0.1) is 31.1 Å². The van der Waals surface area contributed by atoms with Crippen LogP contribution in [0.3, 0.4) is 0 Å². The molecule has 5 rings (SSSR count). The van der Waals surface area contributed by atoms with Crippen molar-refractivity contribution in [3.63, 3.8) is 0 Å². The topological polar surface area (TPSA) is 65.0 Å². The lowest BCUT2D eigenvalue weighted by atomic mass is 9.43. The van der Waals surface area contributed by atoms with Crippen LogP contribution in [-0.4, -0.2) is 23.1 Å². The SMILES string of the molecule is Cc1ccc(C23CC4CC(CC(COC(=O)C(F)(F)SOOO)(C4)C2)C3)c(C)c1. The lowest BCUT2D eigenvalue weighted by Gasteiger charge is -2.62. The van der Waals surface area contributed by atoms with E-state index in [4.69, 9.17) is 9.99 Å². The molecule has 8 heteroatoms. The van der Waals surface area contributed by atoms with Gasteiger partial charge in [-0.25, -0.2) is 10.1 Å². The predicted molar refractivity (Wildman–Crippen MR) is 103 cm³/mol. The first-order valence-electron chi connectivity index (χ1n) is 9.96. The van der Waals surface area contributed by atoms with Gasteiger partial charge in [0.05, 0.1) is 6.61 Å². The van der Waals surface area contributed by atoms with Gasteiger partial charge in [-0.05, 0) is 80.8 Å². The number of benzene rings is 1. The molecular weight excluding hydrogens is 402 g/mol. The first kappa shape index (κ1) is 21.0. The number of ether oxygens (including phenoxy) is 1. The Morgan fingerprint density at radius 1 is 1.24 bits per heavy atom. The summed E-state index contributed by atoms with van der Waals surface area (Å²) in [7, 11) is 0. The molecule has 0 spiro atoms. The Morgan fingerprint density at radius 2 is 1.93 bits per heavy atom. The lowest BCUT2D eigenvalue weighted by Crippen LogP contribution is -2.56. The Labute approximate surface area is 173 Å². The van der Waals surface area contributed by atoms with Crippen LogP contribution in [-0.2, 0) is 24.3 Å². The van der Waals surface area contributed by atoms with Crippen LogP contribution in [0.5, 0.6) is 0 Å². The van der Waals surface area contributed by atoms with Crippen molar-refractivity contribution in [2.45, 2.75) is 63.0 Å². The minimum absolute atomic E-state index is 0.0123. The monoisotopic (exact) mass is 428 g/mol. The zero-order chi connectivity index (χ0) is 20.9. The Hall–Kier alpha value is -1.22. The van der Waals surface area contributed by atoms with Gasteiger partial charge in [0.2, 0.25) is 0 Å². The number of aryl methyl sites for hydroxylation is 2. The molecule has 4 bridgehead atoms. The van der Waals surface area contributed by atoms with Crippen LogP contribution in [0.15, 0.2) is 18.2 Å². The summed E-state index contributed by atoms with van der Waals surface area (Å²) in [6, 6.07) is 6.59. The molecule has 0 aromatic heterocycles. The van der Waals surface area contributed by atoms with E-state index in [1.807, 2.05) is 0 Å². The predicted octanol–water partition coefficient (Wildman–Crippen LogP) is 5.35. The van der Waals surface area contributed by atoms with Crippen molar-refractivity contribution >= 4 is 18.0 Å². The Balaban J connectivity index is 1.53. The maximum Gasteiger partial charge on any atom is 0.415 e. The molecule has 5 nitrogen and oxygen atoms in total. The zero-order valence-electron chi connectivity index (χ0n) is 16.6. The first-order chi connectivity index (χ1) is 13.7. The maximum absolute atomic E-state index is 13.8. The molecule has 0 aliphatic heterocycles. The van der Waals surface area contributed by atoms with Crippen molar-refractivity contribution in [1.82, 2.24) is 0 Å². The fourth-order valence-corrected chi connectivity index (χ4v) is 6.98. The third-order valence-electron chi connectivity index (χ3n) is 7.05. The number of alkyl halides is 2. The molecule has 0 radical (unpaired) electrons. The van der Waals surface area contributed by atoms with Gasteiger partial charge < -0.3 is 4.74 Å². The summed E-state index contributed by atoms with van der Waals surface area (Å²) in [6.07, 6.45) is 6.11. The first-order valence-corrected chi connectivity index (χ1v) is 10.7. The number of hydrogen-bond donors (Lipinski definition) is 1. The molecule has 4 aliphatic carbocycles. The van der Waals surface area contributed by atoms with Gasteiger partial charge in [0.1, 0.15) is 12.0 Å². The molecule has 0 amide bonds. The van der Waals surface area contributed by atoms with E-state index in [-0.39, 0.29) is 17.4 Å². The maximum atomic E-state index is 13.8. The summed E-state index contributed by atoms with van der Waals surface area (Å²) in [5, 5.41) is 7.26. The van der Waals surface area contributed by atoms with E-state index < -0.39 is 23.3 Å². The molecule has 1 aromatic carbocycles. The fraction of sp³-hybridized carbons (Fsp3) is 0.667. The minimum atomic E-state index is -3.95. The number of carbonyl (C=O) groups excluding carboxylic acids is 1. The molecule has 0 heterocycles. The molecule has 1 aromatic rings. The van der Waals surface area contributed by atoms with Crippen molar-refractivity contribution in [1.29, 1.82) is 0 Å². The van der Waals surface area contributed by atoms with Crippen molar-refractivity contribution in [2.24, 2.45) is 17.3 Å². The molecule has 4 aliphatic rings. The Morgan fingerprint density at radius 3 is 2.55 bits per heavy atom. The summed E-state index contributed by atoms with van der Waals surface area (Å²) >= 11 is -0.577. The van der Waals surface area contributed by atoms with Crippen LogP contribution in [0.1, 0.15) is 55.2 Å². The van der Waals surface area contributed by atoms with Gasteiger partial charge in [-0.3, -0.25) is 0 Å². The zero-order valence-corrected chi connectivity index (χ0v) is 17.4. The summed E-state index contributed by atoms with van der Waals surface area (Å²) in [5.41, 5.74) is 3.66. The van der Waals surface area contributed by atoms with Crippen LogP contribution in [0.25, 0.3) is 0 Å². The summed E-state index contributed by atoms with van der Waals surface area (Å²) in [5.74, 6) is -0.593. The van der Waals surface area contributed by atoms with E-state index >= 15 is 0 Å². The van der Waals surface area contributed by atoms with Gasteiger partial charge >= 0.3 is 11.2 Å². The van der Waals surface area contributed by atoms with Gasteiger partial charge in [0.25, 0.3) is 0 Å². The molecular formula is C21H26F2O5S. The molecule has 0 saturated heterocycles. The molecule has 29 heavy (non-hydrogen) atoms. The van der Waals surface area contributed by atoms with Gasteiger partial charge in [-0.15, -0.1) is 4.33 Å². The molecule has 1 N–H and O–H groups in total. The van der Waals surface area contributed by atoms with E-state index in [0.717, 1.165) is 32.1 Å². The molecule has 160 valence electrons. The third kappa shape index (κ3) is 3.92. The summed E-state index contributed by atoms with van der Waals surface area (Å²) in [4.78, 5) is 11.9. The quantitative estimate of drug-likeness (QED) is 0.273. The number of rotatable bonds is 7. The highest BCUT2D eigenvalue weighted by Crippen LogP contribution is 2.66. The van der Waals surface area contributed by atoms with Crippen molar-refractivity contribution in [2.75, 3.05) is 6.61 Å². The standard InChI is InChI=1S/C21H26F2O5S/c1-13-3-4-17(14(2)5-13)20-9-15-6-16(10-20)8-19(7-15,11-20)12-26-18(24)21(22,23)29-28-27-25/h3-5,15-16,25H,6-12H2,1-2H3. The number of carbonyl (C=O) groups is 1. The molecule has 4 saturated carbocycles. The highest BCUT2D eigenvalue weighted by Gasteiger charge is 2.59. The van der Waals surface area contributed by atoms with Crippen LogP contribution in [0.4, 0.5) is 8.78 Å². The molecule has 2 unspecified atom stereocenters. The fourth-order valence-electron chi connectivity index (χ4n) is 6.74. The number of esters is 1. The van der Waals surface area contributed by atoms with E-state index in [1.165, 1.54) is 23.1 Å². The third-order valence-corrected chi connectivity index (χ3v) is 7.56. The average molecular weight is 428 g/mol. The highest BCUT2D eigenvalue weighted by molar-refractivity contribution is 7.96. The summed E-state index contributed by atoms with van der Waals surface area (Å²) in [6.45, 7) is 4.22. The normalized spacial score (nSPS) is 33.1. The van der Waals surface area contributed by atoms with Gasteiger partial charge in [-0.2, -0.15) is 8.78 Å². The van der Waals surface area contributed by atoms with Gasteiger partial charge in [0.15, 0.2) is 0 Å². The van der Waals surface area contributed by atoms with Crippen molar-refractivity contribution in [3.05, 3.63) is 34.9 Å². The number of hydrogen-bond acceptors (Lipinski definition) is 6. The van der Waals surface area contributed by atoms with Crippen molar-refractivity contribution < 1.29 is 32.9 Å². The molecule has 4 fully saturated rings. The van der Waals surface area contributed by atoms with E-state index in [0.29, 0.717) is 11.8 Å². The second-order valence-electron chi connectivity index (χ2n) is 9.38. The van der Waals surface area contributed by atoms with Gasteiger partial charge in [0, 0.05) is 5.41 Å². The van der Waals surface area contributed by atoms with Gasteiger partial charge in [-0.1, -0.05) is 28.8 Å². The van der Waals surface area contributed by atoms with E-state index in [2.05, 4.69) is 41.4 Å². The smallest absolute Gasteiger partial charge is 0.415 e. The van der Waals surface area contributed by atoms with E-state index in [9.17, 15) is 13.6 Å². The van der Waals surface area contributed by atoms with Crippen LogP contribution >= 0.6 is 12.0 Å².